The maximum Gasteiger partial charge on any atom is 0.416 e. The molecule has 2 N–H and O–H groups in total. The number of fused-ring (bicyclic) bond motifs is 1. The number of carbonyl (C=O) groups is 1. The Morgan fingerprint density at radius 2 is 1.82 bits per heavy atom. The minimum absolute atomic E-state index is 0.128. The van der Waals surface area contributed by atoms with Gasteiger partial charge in [-0.15, -0.1) is 0 Å². The number of aryl methyl sites for hydroxylation is 2. The summed E-state index contributed by atoms with van der Waals surface area (Å²) in [5.74, 6) is 0. The van der Waals surface area contributed by atoms with Gasteiger partial charge in [0, 0.05) is 36.1 Å². The summed E-state index contributed by atoms with van der Waals surface area (Å²) in [6.45, 7) is 6.03. The van der Waals surface area contributed by atoms with Crippen LogP contribution in [0.5, 0.6) is 0 Å². The van der Waals surface area contributed by atoms with Gasteiger partial charge in [0.1, 0.15) is 6.10 Å². The van der Waals surface area contributed by atoms with Gasteiger partial charge in [-0.3, -0.25) is 0 Å². The Labute approximate surface area is 207 Å². The molecule has 0 saturated carbocycles. The van der Waals surface area contributed by atoms with E-state index >= 15 is 0 Å². The highest BCUT2D eigenvalue weighted by Crippen LogP contribution is 2.34. The number of hydrogen-bond donors (Lipinski definition) is 1. The van der Waals surface area contributed by atoms with Crippen LogP contribution >= 0.6 is 15.9 Å². The Morgan fingerprint density at radius 3 is 2.44 bits per heavy atom. The summed E-state index contributed by atoms with van der Waals surface area (Å²) in [6.07, 6.45) is -0.276. The van der Waals surface area contributed by atoms with Gasteiger partial charge in [-0.25, -0.2) is 4.79 Å². The Morgan fingerprint density at radius 1 is 1.12 bits per heavy atom. The molecule has 1 unspecified atom stereocenters. The monoisotopic (exact) mass is 540 g/mol. The number of ether oxygens (including phenoxy) is 1. The van der Waals surface area contributed by atoms with Crippen molar-refractivity contribution in [2.45, 2.75) is 71.1 Å². The van der Waals surface area contributed by atoms with Crippen LogP contribution in [0, 0.1) is 0 Å². The van der Waals surface area contributed by atoms with E-state index in [1.165, 1.54) is 11.1 Å². The molecule has 1 aliphatic carbocycles. The summed E-state index contributed by atoms with van der Waals surface area (Å²) in [5.41, 5.74) is 9.82. The first-order chi connectivity index (χ1) is 16.1. The predicted molar refractivity (Wildman–Crippen MR) is 132 cm³/mol. The molecule has 0 radical (unpaired) electrons. The van der Waals surface area contributed by atoms with Crippen LogP contribution in [0.4, 0.5) is 23.7 Å². The van der Waals surface area contributed by atoms with Crippen molar-refractivity contribution in [2.75, 3.05) is 18.0 Å². The molecule has 0 bridgehead atoms. The number of alkyl halides is 3. The molecule has 0 aromatic heterocycles. The van der Waals surface area contributed by atoms with Gasteiger partial charge in [0.25, 0.3) is 0 Å². The molecule has 1 amide bonds. The predicted octanol–water partition coefficient (Wildman–Crippen LogP) is 6.83. The van der Waals surface area contributed by atoms with Crippen molar-refractivity contribution in [1.29, 1.82) is 0 Å². The number of rotatable bonds is 10. The quantitative estimate of drug-likeness (QED) is 0.359. The molecule has 8 heteroatoms. The number of nitrogens with two attached hydrogens (primary N) is 1. The van der Waals surface area contributed by atoms with Crippen LogP contribution < -0.4 is 10.6 Å². The van der Waals surface area contributed by atoms with E-state index in [0.717, 1.165) is 68.6 Å². The van der Waals surface area contributed by atoms with Gasteiger partial charge in [-0.05, 0) is 79.1 Å². The van der Waals surface area contributed by atoms with Gasteiger partial charge in [-0.2, -0.15) is 13.2 Å². The Bertz CT molecular complexity index is 1010. The molecule has 34 heavy (non-hydrogen) atoms. The van der Waals surface area contributed by atoms with E-state index in [1.54, 1.807) is 6.07 Å². The zero-order valence-electron chi connectivity index (χ0n) is 19.7. The van der Waals surface area contributed by atoms with E-state index in [0.29, 0.717) is 16.5 Å². The molecule has 1 atom stereocenters. The third-order valence-corrected chi connectivity index (χ3v) is 6.73. The average molecular weight is 541 g/mol. The summed E-state index contributed by atoms with van der Waals surface area (Å²) in [4.78, 5) is 14.0. The average Bonchev–Trinajstić information content (AvgIpc) is 3.20. The molecule has 3 rings (SSSR count). The van der Waals surface area contributed by atoms with Gasteiger partial charge in [0.15, 0.2) is 0 Å². The van der Waals surface area contributed by atoms with E-state index in [-0.39, 0.29) is 6.42 Å². The summed E-state index contributed by atoms with van der Waals surface area (Å²) in [7, 11) is 0. The van der Waals surface area contributed by atoms with Crippen molar-refractivity contribution < 1.29 is 22.7 Å². The number of primary amides is 1. The normalized spacial score (nSPS) is 14.1. The molecule has 0 spiro atoms. The van der Waals surface area contributed by atoms with Crippen LogP contribution in [-0.2, 0) is 36.6 Å². The number of benzene rings is 2. The van der Waals surface area contributed by atoms with E-state index in [2.05, 4.69) is 46.8 Å². The molecule has 0 saturated heterocycles. The van der Waals surface area contributed by atoms with Gasteiger partial charge in [0.05, 0.1) is 5.56 Å². The fourth-order valence-electron chi connectivity index (χ4n) is 4.68. The maximum atomic E-state index is 13.3. The lowest BCUT2D eigenvalue weighted by Crippen LogP contribution is -2.29. The zero-order valence-corrected chi connectivity index (χ0v) is 21.3. The number of hydrogen-bond acceptors (Lipinski definition) is 3. The van der Waals surface area contributed by atoms with E-state index in [4.69, 9.17) is 10.5 Å². The third-order valence-electron chi connectivity index (χ3n) is 6.28. The lowest BCUT2D eigenvalue weighted by molar-refractivity contribution is -0.137. The van der Waals surface area contributed by atoms with E-state index in [9.17, 15) is 18.0 Å². The van der Waals surface area contributed by atoms with Crippen molar-refractivity contribution >= 4 is 27.7 Å². The Hall–Kier alpha value is -2.22. The van der Waals surface area contributed by atoms with Gasteiger partial charge in [-0.1, -0.05) is 35.3 Å². The van der Waals surface area contributed by atoms with Gasteiger partial charge < -0.3 is 15.4 Å². The number of nitrogens with zero attached hydrogens (tertiary/aromatic N) is 1. The highest BCUT2D eigenvalue weighted by atomic mass is 79.9. The molecule has 186 valence electrons. The molecular weight excluding hydrogens is 509 g/mol. The Balaban J connectivity index is 1.95. The number of carbonyl (C=O) groups excluding carboxylic acids is 1. The molecule has 4 nitrogen and oxygen atoms in total. The van der Waals surface area contributed by atoms with Crippen molar-refractivity contribution in [2.24, 2.45) is 5.73 Å². The summed E-state index contributed by atoms with van der Waals surface area (Å²) >= 11 is 3.17. The van der Waals surface area contributed by atoms with Gasteiger partial charge in [0.2, 0.25) is 0 Å². The first-order valence-corrected chi connectivity index (χ1v) is 12.6. The zero-order chi connectivity index (χ0) is 24.9. The number of halogens is 4. The second-order valence-electron chi connectivity index (χ2n) is 8.85. The van der Waals surface area contributed by atoms with Crippen LogP contribution in [0.2, 0.25) is 0 Å². The van der Waals surface area contributed by atoms with Crippen molar-refractivity contribution in [1.82, 2.24) is 0 Å². The molecular formula is C26H32BrF3N2O2. The van der Waals surface area contributed by atoms with Crippen molar-refractivity contribution in [3.63, 3.8) is 0 Å². The maximum absolute atomic E-state index is 13.3. The van der Waals surface area contributed by atoms with Crippen LogP contribution in [0.3, 0.4) is 0 Å². The van der Waals surface area contributed by atoms with Crippen LogP contribution in [0.25, 0.3) is 0 Å². The second kappa shape index (κ2) is 11.5. The summed E-state index contributed by atoms with van der Waals surface area (Å²) in [5, 5.41) is 0. The molecule has 2 aromatic carbocycles. The van der Waals surface area contributed by atoms with E-state index < -0.39 is 23.9 Å². The molecule has 0 heterocycles. The highest BCUT2D eigenvalue weighted by molar-refractivity contribution is 9.10. The Kier molecular flexibility index (Phi) is 8.90. The van der Waals surface area contributed by atoms with Crippen LogP contribution in [0.1, 0.15) is 60.9 Å². The first-order valence-electron chi connectivity index (χ1n) is 11.8. The fourth-order valence-corrected chi connectivity index (χ4v) is 5.22. The van der Waals surface area contributed by atoms with Crippen molar-refractivity contribution in [3.05, 3.63) is 62.6 Å². The van der Waals surface area contributed by atoms with Crippen molar-refractivity contribution in [3.8, 4) is 0 Å². The number of amides is 1. The van der Waals surface area contributed by atoms with Crippen LogP contribution in [-0.4, -0.2) is 25.3 Å². The minimum Gasteiger partial charge on any atom is -0.446 e. The number of anilines is 1. The molecule has 1 aliphatic rings. The summed E-state index contributed by atoms with van der Waals surface area (Å²) in [6, 6.07) is 8.20. The standard InChI is InChI=1S/C26H32BrF3N2O2/c1-3-5-9-32(4-2)24-15-19-8-6-7-18(19)13-20(24)14-23(34-25(31)33)12-17-10-21(26(28,29)30)16-22(27)11-17/h10-11,13,15-16,23H,3-9,12,14H2,1-2H3,(H2,31,33). The molecule has 2 aromatic rings. The van der Waals surface area contributed by atoms with Crippen LogP contribution in [0.15, 0.2) is 34.8 Å². The smallest absolute Gasteiger partial charge is 0.416 e. The van der Waals surface area contributed by atoms with E-state index in [1.807, 2.05) is 0 Å². The molecule has 0 fully saturated rings. The number of unbranched alkanes of at least 4 members (excludes halogenated alkanes) is 1. The SMILES string of the molecule is CCCCN(CC)c1cc2c(cc1CC(Cc1cc(Br)cc(C(F)(F)F)c1)OC(N)=O)CCC2. The topological polar surface area (TPSA) is 55.6 Å². The first kappa shape index (κ1) is 26.4. The minimum atomic E-state index is -4.47. The lowest BCUT2D eigenvalue weighted by Gasteiger charge is -2.28. The third kappa shape index (κ3) is 6.90. The largest absolute Gasteiger partial charge is 0.446 e. The summed E-state index contributed by atoms with van der Waals surface area (Å²) < 4.78 is 45.7. The van der Waals surface area contributed by atoms with Gasteiger partial charge >= 0.3 is 12.3 Å². The highest BCUT2D eigenvalue weighted by Gasteiger charge is 2.31. The lowest BCUT2D eigenvalue weighted by atomic mass is 9.95. The second-order valence-corrected chi connectivity index (χ2v) is 9.77. The molecule has 0 aliphatic heterocycles. The fraction of sp³-hybridized carbons (Fsp3) is 0.500.